The van der Waals surface area contributed by atoms with Crippen LogP contribution in [0.2, 0.25) is 0 Å². The average molecular weight is 222 g/mol. The lowest BCUT2D eigenvalue weighted by Gasteiger charge is -2.23. The summed E-state index contributed by atoms with van der Waals surface area (Å²) in [6, 6.07) is 4.22. The smallest absolute Gasteiger partial charge is 0.0990 e. The minimum absolute atomic E-state index is 0.523. The van der Waals surface area contributed by atoms with Crippen molar-refractivity contribution < 1.29 is 0 Å². The minimum atomic E-state index is 0.523. The molecule has 1 aliphatic carbocycles. The third-order valence-corrected chi connectivity index (χ3v) is 3.99. The Morgan fingerprint density at radius 3 is 2.87 bits per heavy atom. The summed E-state index contributed by atoms with van der Waals surface area (Å²) in [6.45, 7) is 0.896. The van der Waals surface area contributed by atoms with E-state index < -0.39 is 0 Å². The molecule has 0 amide bonds. The maximum Gasteiger partial charge on any atom is 0.0990 e. The monoisotopic (exact) mass is 222 g/mol. The van der Waals surface area contributed by atoms with Crippen molar-refractivity contribution >= 4 is 17.2 Å². The fourth-order valence-electron chi connectivity index (χ4n) is 2.23. The molecule has 82 valence electrons. The van der Waals surface area contributed by atoms with Gasteiger partial charge >= 0.3 is 0 Å². The van der Waals surface area contributed by atoms with Crippen molar-refractivity contribution in [3.63, 3.8) is 0 Å². The molecule has 0 atom stereocenters. The Kier molecular flexibility index (Phi) is 3.41. The minimum Gasteiger partial charge on any atom is -0.358 e. The lowest BCUT2D eigenvalue weighted by molar-refractivity contribution is 0.459. The molecule has 1 aliphatic rings. The van der Waals surface area contributed by atoms with Crippen LogP contribution >= 0.6 is 11.3 Å². The zero-order valence-corrected chi connectivity index (χ0v) is 10.0. The molecule has 1 saturated carbocycles. The fourth-order valence-corrected chi connectivity index (χ4v) is 2.99. The second-order valence-corrected chi connectivity index (χ2v) is 5.33. The molecule has 0 radical (unpaired) electrons. The van der Waals surface area contributed by atoms with Crippen LogP contribution in [-0.2, 0) is 6.54 Å². The van der Waals surface area contributed by atoms with Gasteiger partial charge in [-0.05, 0) is 24.3 Å². The summed E-state index contributed by atoms with van der Waals surface area (Å²) in [5, 5.41) is 10.2. The highest BCUT2D eigenvalue weighted by Crippen LogP contribution is 2.27. The zero-order valence-electron chi connectivity index (χ0n) is 9.20. The van der Waals surface area contributed by atoms with Gasteiger partial charge in [0.2, 0.25) is 0 Å². The number of rotatable bonds is 3. The number of nitrogens with one attached hydrogen (secondary N) is 1. The van der Waals surface area contributed by atoms with Crippen LogP contribution in [0.1, 0.15) is 30.6 Å². The second kappa shape index (κ2) is 4.79. The predicted octanol–water partition coefficient (Wildman–Crippen LogP) is 3.35. The molecule has 0 bridgehead atoms. The molecule has 1 fully saturated rings. The Morgan fingerprint density at radius 1 is 1.53 bits per heavy atom. The first-order valence-electron chi connectivity index (χ1n) is 5.59. The molecule has 1 aromatic rings. The number of hydrogen-bond acceptors (Lipinski definition) is 2. The van der Waals surface area contributed by atoms with Crippen LogP contribution in [0.4, 0.5) is 0 Å². The molecule has 15 heavy (non-hydrogen) atoms. The van der Waals surface area contributed by atoms with Gasteiger partial charge in [0.1, 0.15) is 0 Å². The van der Waals surface area contributed by atoms with Crippen molar-refractivity contribution in [2.45, 2.75) is 32.2 Å². The van der Waals surface area contributed by atoms with Gasteiger partial charge in [0.15, 0.2) is 0 Å². The van der Waals surface area contributed by atoms with Crippen molar-refractivity contribution in [3.05, 3.63) is 22.4 Å². The highest BCUT2D eigenvalue weighted by atomic mass is 32.1. The Labute approximate surface area is 95.4 Å². The molecule has 2 rings (SSSR count). The van der Waals surface area contributed by atoms with Crippen LogP contribution in [-0.4, -0.2) is 17.8 Å². The topological polar surface area (TPSA) is 27.1 Å². The van der Waals surface area contributed by atoms with Crippen molar-refractivity contribution in [1.82, 2.24) is 4.90 Å². The lowest BCUT2D eigenvalue weighted by atomic mass is 10.1. The van der Waals surface area contributed by atoms with Crippen molar-refractivity contribution in [2.75, 3.05) is 7.05 Å². The van der Waals surface area contributed by atoms with Gasteiger partial charge in [-0.15, -0.1) is 11.3 Å². The van der Waals surface area contributed by atoms with Crippen molar-refractivity contribution in [3.8, 4) is 0 Å². The fraction of sp³-hybridized carbons (Fsp3) is 0.583. The van der Waals surface area contributed by atoms with Gasteiger partial charge < -0.3 is 4.90 Å². The third-order valence-electron chi connectivity index (χ3n) is 3.13. The summed E-state index contributed by atoms with van der Waals surface area (Å²) in [5.41, 5.74) is 0. The molecule has 0 spiro atoms. The highest BCUT2D eigenvalue weighted by Gasteiger charge is 2.22. The number of nitrogens with zero attached hydrogens (tertiary/aromatic N) is 1. The maximum atomic E-state index is 8.12. The van der Waals surface area contributed by atoms with Crippen LogP contribution in [0.3, 0.4) is 0 Å². The standard InChI is InChI=1S/C12H18N2S/c1-14(9-11-7-4-8-15-11)12(13)10-5-2-3-6-10/h4,7-8,10,13H,2-3,5-6,9H2,1H3. The molecule has 1 heterocycles. The van der Waals surface area contributed by atoms with E-state index in [-0.39, 0.29) is 0 Å². The van der Waals surface area contributed by atoms with Gasteiger partial charge in [-0.2, -0.15) is 0 Å². The number of thiophene rings is 1. The van der Waals surface area contributed by atoms with Crippen LogP contribution in [0.5, 0.6) is 0 Å². The molecule has 0 saturated heterocycles. The van der Waals surface area contributed by atoms with E-state index in [9.17, 15) is 0 Å². The lowest BCUT2D eigenvalue weighted by Crippen LogP contribution is -2.30. The Balaban J connectivity index is 1.89. The SMILES string of the molecule is CN(Cc1cccs1)C(=N)C1CCCC1. The zero-order chi connectivity index (χ0) is 10.7. The van der Waals surface area contributed by atoms with E-state index in [1.165, 1.54) is 30.6 Å². The first kappa shape index (κ1) is 10.7. The first-order chi connectivity index (χ1) is 7.27. The highest BCUT2D eigenvalue weighted by molar-refractivity contribution is 7.09. The van der Waals surface area contributed by atoms with Crippen LogP contribution < -0.4 is 0 Å². The summed E-state index contributed by atoms with van der Waals surface area (Å²) in [6.07, 6.45) is 5.04. The third kappa shape index (κ3) is 2.59. The number of hydrogen-bond donors (Lipinski definition) is 1. The molecule has 3 heteroatoms. The summed E-state index contributed by atoms with van der Waals surface area (Å²) in [7, 11) is 2.04. The van der Waals surface area contributed by atoms with Gasteiger partial charge in [0.05, 0.1) is 12.4 Å². The molecule has 0 aliphatic heterocycles. The molecular formula is C12H18N2S. The summed E-state index contributed by atoms with van der Waals surface area (Å²) in [4.78, 5) is 3.45. The van der Waals surface area contributed by atoms with Gasteiger partial charge in [-0.25, -0.2) is 0 Å². The van der Waals surface area contributed by atoms with Crippen molar-refractivity contribution in [2.24, 2.45) is 5.92 Å². The predicted molar refractivity (Wildman–Crippen MR) is 65.5 cm³/mol. The van der Waals surface area contributed by atoms with Gasteiger partial charge in [0.25, 0.3) is 0 Å². The Hall–Kier alpha value is -0.830. The molecular weight excluding hydrogens is 204 g/mol. The molecule has 0 aromatic carbocycles. The normalized spacial score (nSPS) is 16.9. The van der Waals surface area contributed by atoms with E-state index in [1.807, 2.05) is 7.05 Å². The van der Waals surface area contributed by atoms with Gasteiger partial charge in [-0.1, -0.05) is 18.9 Å². The summed E-state index contributed by atoms with van der Waals surface area (Å²) in [5.74, 6) is 1.36. The van der Waals surface area contributed by atoms with Crippen molar-refractivity contribution in [1.29, 1.82) is 5.41 Å². The maximum absolute atomic E-state index is 8.12. The summed E-state index contributed by atoms with van der Waals surface area (Å²) < 4.78 is 0. The molecule has 0 unspecified atom stereocenters. The Bertz CT molecular complexity index is 312. The second-order valence-electron chi connectivity index (χ2n) is 4.30. The van der Waals surface area contributed by atoms with E-state index in [2.05, 4.69) is 22.4 Å². The van der Waals surface area contributed by atoms with Crippen LogP contribution in [0.15, 0.2) is 17.5 Å². The summed E-state index contributed by atoms with van der Waals surface area (Å²) >= 11 is 1.77. The van der Waals surface area contributed by atoms with Gasteiger partial charge in [-0.3, -0.25) is 5.41 Å². The van der Waals surface area contributed by atoms with E-state index >= 15 is 0 Å². The average Bonchev–Trinajstić information content (AvgIpc) is 2.88. The Morgan fingerprint density at radius 2 is 2.27 bits per heavy atom. The number of amidine groups is 1. The first-order valence-corrected chi connectivity index (χ1v) is 6.47. The van der Waals surface area contributed by atoms with Crippen LogP contribution in [0, 0.1) is 11.3 Å². The molecule has 1 N–H and O–H groups in total. The van der Waals surface area contributed by atoms with E-state index in [0.29, 0.717) is 5.92 Å². The quantitative estimate of drug-likeness (QED) is 0.616. The van der Waals surface area contributed by atoms with Gasteiger partial charge in [0, 0.05) is 17.8 Å². The largest absolute Gasteiger partial charge is 0.358 e. The van der Waals surface area contributed by atoms with E-state index in [1.54, 1.807) is 11.3 Å². The molecule has 2 nitrogen and oxygen atoms in total. The molecule has 1 aromatic heterocycles. The van der Waals surface area contributed by atoms with E-state index in [0.717, 1.165) is 12.4 Å². The van der Waals surface area contributed by atoms with E-state index in [4.69, 9.17) is 5.41 Å². The van der Waals surface area contributed by atoms with Crippen LogP contribution in [0.25, 0.3) is 0 Å².